The lowest BCUT2D eigenvalue weighted by Gasteiger charge is -2.12. The van der Waals surface area contributed by atoms with Crippen molar-refractivity contribution in [1.82, 2.24) is 4.90 Å². The van der Waals surface area contributed by atoms with Gasteiger partial charge in [-0.05, 0) is 24.1 Å². The standard InChI is InChI=1S/C16H19NO4/c1-4-5-11-8-16(19)21-14-9-12(6-7-13(11)14)20-10-15(18)17(2)3/h6-9H,4-5,10H2,1-3H3. The summed E-state index contributed by atoms with van der Waals surface area (Å²) in [6, 6.07) is 6.82. The molecule has 0 N–H and O–H groups in total. The molecule has 0 aliphatic carbocycles. The highest BCUT2D eigenvalue weighted by Gasteiger charge is 2.08. The number of hydrogen-bond donors (Lipinski definition) is 0. The summed E-state index contributed by atoms with van der Waals surface area (Å²) in [4.78, 5) is 24.5. The van der Waals surface area contributed by atoms with Crippen LogP contribution in [0.1, 0.15) is 18.9 Å². The van der Waals surface area contributed by atoms with Crippen LogP contribution in [-0.4, -0.2) is 31.5 Å². The number of likely N-dealkylation sites (N-methyl/N-ethyl adjacent to an activating group) is 1. The molecule has 2 rings (SSSR count). The summed E-state index contributed by atoms with van der Waals surface area (Å²) in [6.45, 7) is 2.02. The number of carbonyl (C=O) groups is 1. The Hall–Kier alpha value is -2.30. The molecule has 0 spiro atoms. The Kier molecular flexibility index (Phi) is 4.62. The summed E-state index contributed by atoms with van der Waals surface area (Å²) in [6.07, 6.45) is 1.77. The van der Waals surface area contributed by atoms with Crippen LogP contribution in [0, 0.1) is 0 Å². The second-order valence-electron chi connectivity index (χ2n) is 5.08. The molecule has 0 saturated heterocycles. The summed E-state index contributed by atoms with van der Waals surface area (Å²) in [5.41, 5.74) is 1.09. The number of nitrogens with zero attached hydrogens (tertiary/aromatic N) is 1. The van der Waals surface area contributed by atoms with E-state index in [1.54, 1.807) is 26.2 Å². The van der Waals surface area contributed by atoms with Crippen LogP contribution < -0.4 is 10.4 Å². The minimum atomic E-state index is -0.368. The normalized spacial score (nSPS) is 10.6. The molecule has 1 heterocycles. The van der Waals surface area contributed by atoms with Crippen molar-refractivity contribution in [2.45, 2.75) is 19.8 Å². The molecule has 0 atom stereocenters. The zero-order valence-electron chi connectivity index (χ0n) is 12.5. The first-order valence-electron chi connectivity index (χ1n) is 6.91. The van der Waals surface area contributed by atoms with Gasteiger partial charge in [-0.3, -0.25) is 4.79 Å². The molecule has 21 heavy (non-hydrogen) atoms. The van der Waals surface area contributed by atoms with Gasteiger partial charge in [0.25, 0.3) is 5.91 Å². The fraction of sp³-hybridized carbons (Fsp3) is 0.375. The number of carbonyl (C=O) groups excluding carboxylic acids is 1. The number of ether oxygens (including phenoxy) is 1. The van der Waals surface area contributed by atoms with Crippen LogP contribution in [0.4, 0.5) is 0 Å². The van der Waals surface area contributed by atoms with Gasteiger partial charge in [0.1, 0.15) is 11.3 Å². The summed E-state index contributed by atoms with van der Waals surface area (Å²) < 4.78 is 10.6. The van der Waals surface area contributed by atoms with Gasteiger partial charge in [0.15, 0.2) is 6.61 Å². The summed E-state index contributed by atoms with van der Waals surface area (Å²) >= 11 is 0. The van der Waals surface area contributed by atoms with Crippen molar-refractivity contribution in [3.63, 3.8) is 0 Å². The molecule has 0 fully saturated rings. The van der Waals surface area contributed by atoms with Gasteiger partial charge < -0.3 is 14.1 Å². The van der Waals surface area contributed by atoms with Gasteiger partial charge in [-0.2, -0.15) is 0 Å². The van der Waals surface area contributed by atoms with Crippen molar-refractivity contribution < 1.29 is 13.9 Å². The van der Waals surface area contributed by atoms with E-state index in [0.717, 1.165) is 23.8 Å². The van der Waals surface area contributed by atoms with Crippen molar-refractivity contribution in [2.24, 2.45) is 0 Å². The first-order chi connectivity index (χ1) is 10.0. The van der Waals surface area contributed by atoms with Crippen molar-refractivity contribution >= 4 is 16.9 Å². The second-order valence-corrected chi connectivity index (χ2v) is 5.08. The van der Waals surface area contributed by atoms with Gasteiger partial charge in [0.05, 0.1) is 0 Å². The third-order valence-corrected chi connectivity index (χ3v) is 3.18. The van der Waals surface area contributed by atoms with Gasteiger partial charge in [0.2, 0.25) is 0 Å². The van der Waals surface area contributed by atoms with Crippen molar-refractivity contribution in [1.29, 1.82) is 0 Å². The molecule has 0 aliphatic rings. The Balaban J connectivity index is 2.29. The summed E-state index contributed by atoms with van der Waals surface area (Å²) in [5.74, 6) is 0.380. The number of hydrogen-bond acceptors (Lipinski definition) is 4. The topological polar surface area (TPSA) is 59.8 Å². The maximum atomic E-state index is 11.6. The molecule has 0 aliphatic heterocycles. The lowest BCUT2D eigenvalue weighted by atomic mass is 10.1. The Bertz CT molecular complexity index is 703. The third kappa shape index (κ3) is 3.62. The first kappa shape index (κ1) is 15.1. The lowest BCUT2D eigenvalue weighted by molar-refractivity contribution is -0.130. The highest BCUT2D eigenvalue weighted by atomic mass is 16.5. The van der Waals surface area contributed by atoms with Crippen LogP contribution in [0.25, 0.3) is 11.0 Å². The van der Waals surface area contributed by atoms with E-state index in [0.29, 0.717) is 11.3 Å². The van der Waals surface area contributed by atoms with E-state index < -0.39 is 0 Å². The molecular weight excluding hydrogens is 270 g/mol. The molecule has 5 nitrogen and oxygen atoms in total. The maximum Gasteiger partial charge on any atom is 0.336 e. The van der Waals surface area contributed by atoms with Gasteiger partial charge in [0, 0.05) is 31.6 Å². The molecule has 0 bridgehead atoms. The highest BCUT2D eigenvalue weighted by Crippen LogP contribution is 2.23. The zero-order chi connectivity index (χ0) is 15.4. The van der Waals surface area contributed by atoms with E-state index in [1.807, 2.05) is 6.07 Å². The average Bonchev–Trinajstić information content (AvgIpc) is 2.44. The molecule has 112 valence electrons. The fourth-order valence-corrected chi connectivity index (χ4v) is 2.05. The van der Waals surface area contributed by atoms with Crippen LogP contribution in [0.3, 0.4) is 0 Å². The van der Waals surface area contributed by atoms with E-state index in [1.165, 1.54) is 11.0 Å². The minimum Gasteiger partial charge on any atom is -0.484 e. The molecular formula is C16H19NO4. The van der Waals surface area contributed by atoms with Crippen molar-refractivity contribution in [3.8, 4) is 5.75 Å². The Labute approximate surface area is 123 Å². The lowest BCUT2D eigenvalue weighted by Crippen LogP contribution is -2.27. The molecule has 0 unspecified atom stereocenters. The van der Waals surface area contributed by atoms with Crippen LogP contribution in [0.2, 0.25) is 0 Å². The highest BCUT2D eigenvalue weighted by molar-refractivity contribution is 5.82. The maximum absolute atomic E-state index is 11.6. The van der Waals surface area contributed by atoms with Gasteiger partial charge >= 0.3 is 5.63 Å². The molecule has 1 amide bonds. The zero-order valence-corrected chi connectivity index (χ0v) is 12.5. The Morgan fingerprint density at radius 2 is 2.05 bits per heavy atom. The average molecular weight is 289 g/mol. The molecule has 2 aromatic rings. The van der Waals surface area contributed by atoms with Gasteiger partial charge in [-0.15, -0.1) is 0 Å². The quantitative estimate of drug-likeness (QED) is 0.792. The van der Waals surface area contributed by atoms with Crippen LogP contribution in [0.15, 0.2) is 33.5 Å². The minimum absolute atomic E-state index is 0.0443. The van der Waals surface area contributed by atoms with E-state index >= 15 is 0 Å². The monoisotopic (exact) mass is 289 g/mol. The van der Waals surface area contributed by atoms with Crippen molar-refractivity contribution in [3.05, 3.63) is 40.2 Å². The number of aryl methyl sites for hydroxylation is 1. The Morgan fingerprint density at radius 1 is 1.29 bits per heavy atom. The largest absolute Gasteiger partial charge is 0.484 e. The fourth-order valence-electron chi connectivity index (χ4n) is 2.05. The van der Waals surface area contributed by atoms with Crippen LogP contribution in [0.5, 0.6) is 5.75 Å². The van der Waals surface area contributed by atoms with E-state index in [9.17, 15) is 9.59 Å². The second kappa shape index (κ2) is 6.43. The number of benzene rings is 1. The molecule has 0 radical (unpaired) electrons. The van der Waals surface area contributed by atoms with Gasteiger partial charge in [-0.1, -0.05) is 13.3 Å². The first-order valence-corrected chi connectivity index (χ1v) is 6.91. The molecule has 1 aromatic carbocycles. The molecule has 1 aromatic heterocycles. The summed E-state index contributed by atoms with van der Waals surface area (Å²) in [7, 11) is 3.34. The molecule has 0 saturated carbocycles. The predicted molar refractivity (Wildman–Crippen MR) is 80.7 cm³/mol. The van der Waals surface area contributed by atoms with Crippen LogP contribution in [-0.2, 0) is 11.2 Å². The Morgan fingerprint density at radius 3 is 2.71 bits per heavy atom. The van der Waals surface area contributed by atoms with E-state index in [4.69, 9.17) is 9.15 Å². The predicted octanol–water partition coefficient (Wildman–Crippen LogP) is 2.21. The third-order valence-electron chi connectivity index (χ3n) is 3.18. The van der Waals surface area contributed by atoms with E-state index in [2.05, 4.69) is 6.92 Å². The number of rotatable bonds is 5. The van der Waals surface area contributed by atoms with Gasteiger partial charge in [-0.25, -0.2) is 4.79 Å². The SMILES string of the molecule is CCCc1cc(=O)oc2cc(OCC(=O)N(C)C)ccc12. The van der Waals surface area contributed by atoms with Crippen LogP contribution >= 0.6 is 0 Å². The van der Waals surface area contributed by atoms with E-state index in [-0.39, 0.29) is 18.1 Å². The van der Waals surface area contributed by atoms with Crippen molar-refractivity contribution in [2.75, 3.05) is 20.7 Å². The number of amides is 1. The number of fused-ring (bicyclic) bond motifs is 1. The summed E-state index contributed by atoms with van der Waals surface area (Å²) in [5, 5.41) is 0.905. The smallest absolute Gasteiger partial charge is 0.336 e. The molecule has 5 heteroatoms.